The van der Waals surface area contributed by atoms with Crippen molar-refractivity contribution in [1.82, 2.24) is 15.1 Å². The van der Waals surface area contributed by atoms with Crippen LogP contribution in [-0.2, 0) is 11.3 Å². The fourth-order valence-electron chi connectivity index (χ4n) is 2.95. The highest BCUT2D eigenvalue weighted by Gasteiger charge is 2.20. The lowest BCUT2D eigenvalue weighted by atomic mass is 10.2. The van der Waals surface area contributed by atoms with E-state index in [4.69, 9.17) is 4.74 Å². The lowest BCUT2D eigenvalue weighted by molar-refractivity contribution is 0.0955. The van der Waals surface area contributed by atoms with Crippen molar-refractivity contribution in [2.75, 3.05) is 6.61 Å². The van der Waals surface area contributed by atoms with Crippen molar-refractivity contribution in [3.8, 4) is 5.69 Å². The number of aromatic nitrogens is 2. The third-order valence-corrected chi connectivity index (χ3v) is 5.41. The van der Waals surface area contributed by atoms with Gasteiger partial charge in [0.15, 0.2) is 0 Å². The molecule has 0 saturated carbocycles. The molecule has 0 bridgehead atoms. The fraction of sp³-hybridized carbons (Fsp3) is 0.263. The van der Waals surface area contributed by atoms with Gasteiger partial charge in [0.2, 0.25) is 0 Å². The van der Waals surface area contributed by atoms with Gasteiger partial charge in [0.25, 0.3) is 5.91 Å². The first kappa shape index (κ1) is 16.1. The van der Waals surface area contributed by atoms with Crippen molar-refractivity contribution in [1.29, 1.82) is 0 Å². The second-order valence-corrected chi connectivity index (χ2v) is 7.12. The van der Waals surface area contributed by atoms with Gasteiger partial charge in [-0.15, -0.1) is 11.3 Å². The van der Waals surface area contributed by atoms with E-state index in [0.717, 1.165) is 40.5 Å². The van der Waals surface area contributed by atoms with Gasteiger partial charge >= 0.3 is 0 Å². The van der Waals surface area contributed by atoms with E-state index in [-0.39, 0.29) is 12.0 Å². The Kier molecular flexibility index (Phi) is 4.63. The number of thiophene rings is 1. The van der Waals surface area contributed by atoms with E-state index in [1.54, 1.807) is 10.9 Å². The fourth-order valence-corrected chi connectivity index (χ4v) is 3.96. The van der Waals surface area contributed by atoms with Gasteiger partial charge in [-0.1, -0.05) is 12.1 Å². The average Bonchev–Trinajstić information content (AvgIpc) is 3.41. The molecule has 1 N–H and O–H groups in total. The van der Waals surface area contributed by atoms with E-state index in [1.807, 2.05) is 48.7 Å². The van der Waals surface area contributed by atoms with Gasteiger partial charge in [-0.3, -0.25) is 4.79 Å². The maximum Gasteiger partial charge on any atom is 0.261 e. The zero-order valence-electron chi connectivity index (χ0n) is 13.7. The van der Waals surface area contributed by atoms with Gasteiger partial charge in [0.05, 0.1) is 16.7 Å². The summed E-state index contributed by atoms with van der Waals surface area (Å²) >= 11 is 1.52. The van der Waals surface area contributed by atoms with Crippen LogP contribution in [0.3, 0.4) is 0 Å². The third kappa shape index (κ3) is 3.65. The van der Waals surface area contributed by atoms with Gasteiger partial charge in [-0.2, -0.15) is 5.10 Å². The molecule has 3 heterocycles. The van der Waals surface area contributed by atoms with Crippen LogP contribution in [0.15, 0.2) is 54.9 Å². The summed E-state index contributed by atoms with van der Waals surface area (Å²) in [6.07, 6.45) is 5.95. The minimum atomic E-state index is -0.0428. The number of carbonyl (C=O) groups is 1. The maximum atomic E-state index is 12.4. The lowest BCUT2D eigenvalue weighted by Gasteiger charge is -2.07. The van der Waals surface area contributed by atoms with Crippen molar-refractivity contribution in [3.63, 3.8) is 0 Å². The van der Waals surface area contributed by atoms with Crippen molar-refractivity contribution < 1.29 is 9.53 Å². The number of hydrogen-bond acceptors (Lipinski definition) is 4. The first-order valence-electron chi connectivity index (χ1n) is 8.38. The quantitative estimate of drug-likeness (QED) is 0.761. The highest BCUT2D eigenvalue weighted by Crippen LogP contribution is 2.33. The third-order valence-electron chi connectivity index (χ3n) is 4.23. The standard InChI is InChI=1S/C19H19N3O2S/c23-19(18-8-7-17(25-18)16-6-2-11-24-16)20-13-14-4-1-5-15(12-14)22-10-3-9-21-22/h1,3-5,7-10,12,16H,2,6,11,13H2,(H,20,23)/t16-/m1/s1. The Bertz CT molecular complexity index is 851. The molecule has 0 spiro atoms. The summed E-state index contributed by atoms with van der Waals surface area (Å²) in [6.45, 7) is 1.30. The van der Waals surface area contributed by atoms with Crippen LogP contribution in [0.4, 0.5) is 0 Å². The number of nitrogens with zero attached hydrogens (tertiary/aromatic N) is 2. The lowest BCUT2D eigenvalue weighted by Crippen LogP contribution is -2.21. The molecule has 1 aromatic carbocycles. The zero-order valence-corrected chi connectivity index (χ0v) is 14.5. The van der Waals surface area contributed by atoms with Crippen molar-refractivity contribution in [2.45, 2.75) is 25.5 Å². The summed E-state index contributed by atoms with van der Waals surface area (Å²) in [4.78, 5) is 14.3. The summed E-state index contributed by atoms with van der Waals surface area (Å²) in [5.74, 6) is -0.0428. The van der Waals surface area contributed by atoms with Crippen LogP contribution in [0.5, 0.6) is 0 Å². The van der Waals surface area contributed by atoms with Crippen LogP contribution in [0.25, 0.3) is 5.69 Å². The molecule has 1 atom stereocenters. The molecule has 5 nitrogen and oxygen atoms in total. The molecule has 1 amide bonds. The Labute approximate surface area is 150 Å². The van der Waals surface area contributed by atoms with Gasteiger partial charge in [0.1, 0.15) is 0 Å². The van der Waals surface area contributed by atoms with E-state index in [2.05, 4.69) is 10.4 Å². The van der Waals surface area contributed by atoms with Crippen LogP contribution < -0.4 is 5.32 Å². The number of benzene rings is 1. The molecule has 0 aliphatic carbocycles. The largest absolute Gasteiger partial charge is 0.373 e. The van der Waals surface area contributed by atoms with Crippen molar-refractivity contribution in [3.05, 3.63) is 70.2 Å². The smallest absolute Gasteiger partial charge is 0.261 e. The van der Waals surface area contributed by atoms with Crippen LogP contribution in [0.1, 0.15) is 39.1 Å². The van der Waals surface area contributed by atoms with Crippen LogP contribution >= 0.6 is 11.3 Å². The van der Waals surface area contributed by atoms with Gasteiger partial charge in [0, 0.05) is 30.4 Å². The van der Waals surface area contributed by atoms with E-state index in [0.29, 0.717) is 6.54 Å². The topological polar surface area (TPSA) is 56.2 Å². The van der Waals surface area contributed by atoms with Gasteiger partial charge < -0.3 is 10.1 Å². The molecule has 1 aliphatic rings. The monoisotopic (exact) mass is 353 g/mol. The molecule has 2 aromatic heterocycles. The summed E-state index contributed by atoms with van der Waals surface area (Å²) in [7, 11) is 0. The molecule has 1 saturated heterocycles. The SMILES string of the molecule is O=C(NCc1cccc(-n2cccn2)c1)c1ccc([C@H]2CCCO2)s1. The highest BCUT2D eigenvalue weighted by molar-refractivity contribution is 7.14. The molecule has 0 unspecified atom stereocenters. The predicted molar refractivity (Wildman–Crippen MR) is 97.0 cm³/mol. The number of carbonyl (C=O) groups excluding carboxylic acids is 1. The Balaban J connectivity index is 1.39. The Hall–Kier alpha value is -2.44. The molecule has 0 radical (unpaired) electrons. The predicted octanol–water partition coefficient (Wildman–Crippen LogP) is 3.72. The summed E-state index contributed by atoms with van der Waals surface area (Å²) < 4.78 is 7.48. The number of nitrogens with one attached hydrogen (secondary N) is 1. The van der Waals surface area contributed by atoms with Crippen LogP contribution in [0.2, 0.25) is 0 Å². The maximum absolute atomic E-state index is 12.4. The summed E-state index contributed by atoms with van der Waals surface area (Å²) in [5.41, 5.74) is 2.02. The zero-order chi connectivity index (χ0) is 17.1. The molecule has 128 valence electrons. The number of hydrogen-bond donors (Lipinski definition) is 1. The molecule has 1 fully saturated rings. The van der Waals surface area contributed by atoms with Gasteiger partial charge in [-0.25, -0.2) is 4.68 Å². The molecule has 3 aromatic rings. The molecule has 4 rings (SSSR count). The van der Waals surface area contributed by atoms with Gasteiger partial charge in [-0.05, 0) is 48.7 Å². The molecular weight excluding hydrogens is 334 g/mol. The van der Waals surface area contributed by atoms with Crippen molar-refractivity contribution >= 4 is 17.2 Å². The first-order valence-corrected chi connectivity index (χ1v) is 9.20. The Morgan fingerprint density at radius 1 is 1.32 bits per heavy atom. The van der Waals surface area contributed by atoms with Crippen molar-refractivity contribution in [2.24, 2.45) is 0 Å². The van der Waals surface area contributed by atoms with E-state index in [9.17, 15) is 4.79 Å². The normalized spacial score (nSPS) is 16.9. The second kappa shape index (κ2) is 7.21. The minimum absolute atomic E-state index is 0.0428. The Morgan fingerprint density at radius 2 is 2.28 bits per heavy atom. The van der Waals surface area contributed by atoms with E-state index in [1.165, 1.54) is 11.3 Å². The van der Waals surface area contributed by atoms with E-state index < -0.39 is 0 Å². The first-order chi connectivity index (χ1) is 12.3. The highest BCUT2D eigenvalue weighted by atomic mass is 32.1. The number of amides is 1. The Morgan fingerprint density at radius 3 is 3.08 bits per heavy atom. The molecule has 25 heavy (non-hydrogen) atoms. The number of rotatable bonds is 5. The minimum Gasteiger partial charge on any atom is -0.373 e. The second-order valence-electron chi connectivity index (χ2n) is 6.01. The van der Waals surface area contributed by atoms with Crippen LogP contribution in [-0.4, -0.2) is 22.3 Å². The van der Waals surface area contributed by atoms with Crippen LogP contribution in [0, 0.1) is 0 Å². The molecular formula is C19H19N3O2S. The molecule has 1 aliphatic heterocycles. The summed E-state index contributed by atoms with van der Waals surface area (Å²) in [5, 5.41) is 7.22. The summed E-state index contributed by atoms with van der Waals surface area (Å²) in [6, 6.07) is 13.8. The number of ether oxygens (including phenoxy) is 1. The average molecular weight is 353 g/mol. The molecule has 6 heteroatoms. The van der Waals surface area contributed by atoms with E-state index >= 15 is 0 Å².